The van der Waals surface area contributed by atoms with E-state index in [1.165, 1.54) is 0 Å². The van der Waals surface area contributed by atoms with Crippen LogP contribution in [0.5, 0.6) is 0 Å². The number of carbonyl (C=O) groups is 4. The van der Waals surface area contributed by atoms with Crippen LogP contribution >= 0.6 is 15.6 Å². The molecule has 566 valence electrons. The fourth-order valence-electron chi connectivity index (χ4n) is 9.05. The van der Waals surface area contributed by atoms with Gasteiger partial charge in [-0.15, -0.1) is 0 Å². The van der Waals surface area contributed by atoms with Gasteiger partial charge in [0.25, 0.3) is 0 Å². The van der Waals surface area contributed by atoms with E-state index < -0.39 is 97.5 Å². The van der Waals surface area contributed by atoms with Crippen LogP contribution in [-0.2, 0) is 65.4 Å². The largest absolute Gasteiger partial charge is 0.472 e. The summed E-state index contributed by atoms with van der Waals surface area (Å²) in [6.45, 7) is 4.28. The highest BCUT2D eigenvalue weighted by Crippen LogP contribution is 2.45. The predicted octanol–water partition coefficient (Wildman–Crippen LogP) is 21.4. The molecule has 0 amide bonds. The van der Waals surface area contributed by atoms with Crippen molar-refractivity contribution in [3.63, 3.8) is 0 Å². The molecule has 0 aliphatic rings. The Morgan fingerprint density at radius 2 is 0.520 bits per heavy atom. The Bertz CT molecular complexity index is 2570. The lowest BCUT2D eigenvalue weighted by atomic mass is 10.1. The molecule has 0 spiro atoms. The van der Waals surface area contributed by atoms with Gasteiger partial charge < -0.3 is 33.8 Å². The molecule has 3 N–H and O–H groups in total. The van der Waals surface area contributed by atoms with Gasteiger partial charge in [-0.05, 0) is 167 Å². The molecule has 5 atom stereocenters. The van der Waals surface area contributed by atoms with Crippen LogP contribution in [0.15, 0.2) is 170 Å². The molecule has 0 fully saturated rings. The highest BCUT2D eigenvalue weighted by Gasteiger charge is 2.30. The molecule has 5 unspecified atom stereocenters. The van der Waals surface area contributed by atoms with E-state index in [-0.39, 0.29) is 25.7 Å². The van der Waals surface area contributed by atoms with Crippen LogP contribution in [0, 0.1) is 0 Å². The Labute approximate surface area is 603 Å². The van der Waals surface area contributed by atoms with Gasteiger partial charge in [0.2, 0.25) is 0 Å². The molecule has 0 aliphatic heterocycles. The lowest BCUT2D eigenvalue weighted by Crippen LogP contribution is -2.30. The first-order valence-corrected chi connectivity index (χ1v) is 40.4. The van der Waals surface area contributed by atoms with E-state index in [0.29, 0.717) is 32.1 Å². The van der Waals surface area contributed by atoms with Crippen molar-refractivity contribution in [2.24, 2.45) is 0 Å². The van der Waals surface area contributed by atoms with Crippen molar-refractivity contribution in [1.82, 2.24) is 0 Å². The summed E-state index contributed by atoms with van der Waals surface area (Å²) < 4.78 is 68.3. The SMILES string of the molecule is CC/C=C\C/C=C\C/C=C\C/C=C\CCCCCCC(=O)OCC(COP(=O)(O)OCC(O)COP(=O)(O)OCC(COC(=O)CCCC/C=C\C/C=C\C/C=C\C/C=C\CC)OC(=O)CCCCCCC/C=C\C/C=C\CCC)OC(=O)CCCC/C=C\C/C=C\C/C=C\C/C=C\CC. The number of aliphatic hydroxyl groups is 1. The number of allylic oxidation sites excluding steroid dienone is 28. The number of hydrogen-bond acceptors (Lipinski definition) is 15. The number of phosphoric acid groups is 2. The van der Waals surface area contributed by atoms with E-state index >= 15 is 0 Å². The number of hydrogen-bond donors (Lipinski definition) is 3. The third-order valence-electron chi connectivity index (χ3n) is 14.6. The molecule has 0 aromatic heterocycles. The van der Waals surface area contributed by atoms with Crippen LogP contribution in [0.3, 0.4) is 0 Å². The number of phosphoric ester groups is 2. The van der Waals surface area contributed by atoms with Gasteiger partial charge in [-0.25, -0.2) is 9.13 Å². The Morgan fingerprint density at radius 1 is 0.290 bits per heavy atom. The molecule has 0 aromatic carbocycles. The second-order valence-electron chi connectivity index (χ2n) is 24.1. The topological polar surface area (TPSA) is 237 Å². The predicted molar refractivity (Wildman–Crippen MR) is 408 cm³/mol. The fourth-order valence-corrected chi connectivity index (χ4v) is 10.6. The number of rotatable bonds is 68. The van der Waals surface area contributed by atoms with Gasteiger partial charge >= 0.3 is 39.5 Å². The van der Waals surface area contributed by atoms with E-state index in [9.17, 15) is 43.2 Å². The van der Waals surface area contributed by atoms with Gasteiger partial charge in [0.15, 0.2) is 12.2 Å². The number of ether oxygens (including phenoxy) is 4. The Kier molecular flexibility index (Phi) is 67.8. The van der Waals surface area contributed by atoms with E-state index in [2.05, 4.69) is 198 Å². The van der Waals surface area contributed by atoms with Gasteiger partial charge in [0.05, 0.1) is 26.4 Å². The van der Waals surface area contributed by atoms with Crippen molar-refractivity contribution in [2.75, 3.05) is 39.6 Å². The highest BCUT2D eigenvalue weighted by atomic mass is 31.2. The minimum absolute atomic E-state index is 0.0294. The molecule has 0 rings (SSSR count). The zero-order valence-electron chi connectivity index (χ0n) is 61.5. The number of unbranched alkanes of at least 4 members (excludes halogenated alkanes) is 14. The average Bonchev–Trinajstić information content (AvgIpc) is 1.06. The van der Waals surface area contributed by atoms with Crippen molar-refractivity contribution in [3.05, 3.63) is 170 Å². The molecule has 0 aromatic rings. The molecule has 0 bridgehead atoms. The van der Waals surface area contributed by atoms with Gasteiger partial charge in [-0.3, -0.25) is 37.3 Å². The maximum atomic E-state index is 13.1. The number of esters is 4. The van der Waals surface area contributed by atoms with Gasteiger partial charge in [-0.2, -0.15) is 0 Å². The van der Waals surface area contributed by atoms with Crippen molar-refractivity contribution in [1.29, 1.82) is 0 Å². The highest BCUT2D eigenvalue weighted by molar-refractivity contribution is 7.47. The maximum absolute atomic E-state index is 13.1. The molecule has 0 heterocycles. The zero-order chi connectivity index (χ0) is 73.2. The molecule has 100 heavy (non-hydrogen) atoms. The summed E-state index contributed by atoms with van der Waals surface area (Å²) in [5, 5.41) is 10.6. The van der Waals surface area contributed by atoms with Crippen LogP contribution in [0.1, 0.15) is 259 Å². The number of aliphatic hydroxyl groups excluding tert-OH is 1. The Morgan fingerprint density at radius 3 is 0.820 bits per heavy atom. The third kappa shape index (κ3) is 70.8. The molecular weight excluding hydrogens is 1310 g/mol. The van der Waals surface area contributed by atoms with Crippen molar-refractivity contribution >= 4 is 39.5 Å². The van der Waals surface area contributed by atoms with Gasteiger partial charge in [0, 0.05) is 25.7 Å². The molecule has 19 heteroatoms. The van der Waals surface area contributed by atoms with Crippen LogP contribution in [0.25, 0.3) is 0 Å². The normalized spacial score (nSPS) is 14.9. The molecule has 0 radical (unpaired) electrons. The molecule has 0 aliphatic carbocycles. The van der Waals surface area contributed by atoms with Crippen molar-refractivity contribution in [2.45, 2.75) is 277 Å². The lowest BCUT2D eigenvalue weighted by Gasteiger charge is -2.21. The summed E-state index contributed by atoms with van der Waals surface area (Å²) in [6, 6.07) is 0. The monoisotopic (exact) mass is 1440 g/mol. The van der Waals surface area contributed by atoms with Gasteiger partial charge in [-0.1, -0.05) is 236 Å². The average molecular weight is 1440 g/mol. The second kappa shape index (κ2) is 71.8. The Balaban J connectivity index is 5.47. The molecule has 17 nitrogen and oxygen atoms in total. The summed E-state index contributed by atoms with van der Waals surface area (Å²) in [5.41, 5.74) is 0. The maximum Gasteiger partial charge on any atom is 0.472 e. The summed E-state index contributed by atoms with van der Waals surface area (Å²) in [7, 11) is -10.0. The van der Waals surface area contributed by atoms with Crippen molar-refractivity contribution in [3.8, 4) is 0 Å². The minimum atomic E-state index is -5.00. The standard InChI is InChI=1S/C81H130O17P2/c1-5-9-13-17-21-25-29-33-36-37-40-43-46-50-54-58-62-66-79(84)92-72-77(98-81(86)68-64-60-56-52-48-44-39-35-31-27-23-19-15-11-7-3)74-96-100(89,90)94-70-75(82)69-93-99(87,88)95-73-76(97-80(85)67-63-59-55-51-47-41-32-28-24-20-16-12-8-4)71-91-78(83)65-61-57-53-49-45-42-38-34-30-26-22-18-14-10-6-2/h9-11,13-16,20-23,25-28,32-36,38-40,43,45,48-49,52,75-77,82H,5-8,12,17-19,24,29-31,37,41-42,44,46-47,50-51,53-74H2,1-4H3,(H,87,88)(H,89,90)/b13-9-,14-10-,15-11-,20-16-,25-21-,26-22-,27-23-,32-28-,36-33-,38-34-,39-35-,43-40-,49-45-,52-48-. The zero-order valence-corrected chi connectivity index (χ0v) is 63.3. The fraction of sp³-hybridized carbons (Fsp3) is 0.605. The van der Waals surface area contributed by atoms with E-state index in [4.69, 9.17) is 37.0 Å². The minimum Gasteiger partial charge on any atom is -0.462 e. The van der Waals surface area contributed by atoms with Crippen molar-refractivity contribution < 1.29 is 80.2 Å². The third-order valence-corrected chi connectivity index (χ3v) is 16.5. The molecular formula is C81H130O17P2. The van der Waals surface area contributed by atoms with Crippen LogP contribution < -0.4 is 0 Å². The summed E-state index contributed by atoms with van der Waals surface area (Å²) in [6.07, 6.45) is 83.6. The van der Waals surface area contributed by atoms with E-state index in [1.807, 2.05) is 0 Å². The summed E-state index contributed by atoms with van der Waals surface area (Å²) in [5.74, 6) is -2.33. The molecule has 0 saturated heterocycles. The first-order valence-electron chi connectivity index (χ1n) is 37.4. The van der Waals surface area contributed by atoms with Crippen LogP contribution in [0.2, 0.25) is 0 Å². The lowest BCUT2D eigenvalue weighted by molar-refractivity contribution is -0.161. The van der Waals surface area contributed by atoms with Gasteiger partial charge in [0.1, 0.15) is 19.3 Å². The van der Waals surface area contributed by atoms with Crippen LogP contribution in [-0.4, -0.2) is 96.7 Å². The molecule has 0 saturated carbocycles. The second-order valence-corrected chi connectivity index (χ2v) is 27.0. The summed E-state index contributed by atoms with van der Waals surface area (Å²) in [4.78, 5) is 72.8. The number of carbonyl (C=O) groups excluding carboxylic acids is 4. The quantitative estimate of drug-likeness (QED) is 0.0169. The first-order chi connectivity index (χ1) is 48.7. The van der Waals surface area contributed by atoms with E-state index in [0.717, 1.165) is 173 Å². The van der Waals surface area contributed by atoms with E-state index in [1.54, 1.807) is 0 Å². The smallest absolute Gasteiger partial charge is 0.462 e. The first kappa shape index (κ1) is 94.4. The van der Waals surface area contributed by atoms with Crippen LogP contribution in [0.4, 0.5) is 0 Å². The summed E-state index contributed by atoms with van der Waals surface area (Å²) >= 11 is 0. The Hall–Kier alpha value is -5.58.